The predicted molar refractivity (Wildman–Crippen MR) is 79.6 cm³/mol. The van der Waals surface area contributed by atoms with Gasteiger partial charge in [0.25, 0.3) is 10.9 Å². The first-order valence-corrected chi connectivity index (χ1v) is 8.36. The van der Waals surface area contributed by atoms with Gasteiger partial charge in [-0.1, -0.05) is 0 Å². The van der Waals surface area contributed by atoms with Crippen molar-refractivity contribution >= 4 is 23.0 Å². The molecule has 1 aromatic rings. The maximum absolute atomic E-state index is 11.7. The summed E-state index contributed by atoms with van der Waals surface area (Å²) in [5, 5.41) is 3.39. The van der Waals surface area contributed by atoms with Gasteiger partial charge in [-0.3, -0.25) is 4.79 Å². The molecule has 116 valence electrons. The third-order valence-corrected chi connectivity index (χ3v) is 4.49. The number of primary amides is 1. The molecule has 1 heterocycles. The molecule has 1 saturated carbocycles. The zero-order chi connectivity index (χ0) is 15.4. The summed E-state index contributed by atoms with van der Waals surface area (Å²) in [5.74, 6) is -0.293. The number of methoxy groups -OCH3 is 1. The molecule has 7 nitrogen and oxygen atoms in total. The third-order valence-electron chi connectivity index (χ3n) is 3.63. The maximum Gasteiger partial charge on any atom is 0.262 e. The molecule has 1 fully saturated rings. The number of rotatable bonds is 5. The van der Waals surface area contributed by atoms with Crippen LogP contribution in [-0.4, -0.2) is 45.9 Å². The first kappa shape index (κ1) is 16.0. The molecule has 2 rings (SSSR count). The lowest BCUT2D eigenvalue weighted by Crippen LogP contribution is -2.30. The number of hydrogen-bond acceptors (Lipinski definition) is 6. The number of carbonyl (C=O) groups is 1. The van der Waals surface area contributed by atoms with Gasteiger partial charge >= 0.3 is 0 Å². The van der Waals surface area contributed by atoms with Crippen molar-refractivity contribution in [1.29, 1.82) is 0 Å². The third kappa shape index (κ3) is 4.05. The van der Waals surface area contributed by atoms with Gasteiger partial charge in [0.2, 0.25) is 5.95 Å². The van der Waals surface area contributed by atoms with Gasteiger partial charge < -0.3 is 20.3 Å². The Bertz CT molecular complexity index is 504. The Morgan fingerprint density at radius 2 is 2.14 bits per heavy atom. The van der Waals surface area contributed by atoms with Crippen LogP contribution in [0.5, 0.6) is 0 Å². The fourth-order valence-corrected chi connectivity index (χ4v) is 3.13. The number of nitrogens with one attached hydrogen (secondary N) is 1. The first-order valence-electron chi connectivity index (χ1n) is 6.81. The molecule has 8 heteroatoms. The van der Waals surface area contributed by atoms with Crippen LogP contribution in [0.3, 0.4) is 0 Å². The van der Waals surface area contributed by atoms with Crippen LogP contribution < -0.4 is 11.1 Å². The van der Waals surface area contributed by atoms with Gasteiger partial charge in [-0.05, 0) is 25.7 Å². The highest BCUT2D eigenvalue weighted by Gasteiger charge is 2.24. The van der Waals surface area contributed by atoms with Gasteiger partial charge in [0.1, 0.15) is 11.8 Å². The largest absolute Gasteiger partial charge is 0.610 e. The van der Waals surface area contributed by atoms with E-state index >= 15 is 0 Å². The maximum atomic E-state index is 11.7. The highest BCUT2D eigenvalue weighted by Crippen LogP contribution is 2.23. The SMILES string of the molecule is CO[C@H]1CC[C@H](Nc2ncc(C(N)=O)c([S+](C)[O-])n2)CC1. The van der Waals surface area contributed by atoms with E-state index in [1.807, 2.05) is 0 Å². The zero-order valence-electron chi connectivity index (χ0n) is 12.2. The van der Waals surface area contributed by atoms with Crippen molar-refractivity contribution in [3.63, 3.8) is 0 Å². The lowest BCUT2D eigenvalue weighted by Gasteiger charge is -2.28. The summed E-state index contributed by atoms with van der Waals surface area (Å²) >= 11 is -1.40. The average molecular weight is 312 g/mol. The molecule has 0 spiro atoms. The van der Waals surface area contributed by atoms with Crippen molar-refractivity contribution in [3.05, 3.63) is 11.8 Å². The van der Waals surface area contributed by atoms with Crippen LogP contribution >= 0.6 is 0 Å². The van der Waals surface area contributed by atoms with E-state index in [2.05, 4.69) is 15.3 Å². The minimum Gasteiger partial charge on any atom is -0.610 e. The van der Waals surface area contributed by atoms with E-state index in [1.54, 1.807) is 7.11 Å². The number of nitrogens with zero attached hydrogens (tertiary/aromatic N) is 2. The highest BCUT2D eigenvalue weighted by atomic mass is 32.2. The molecule has 1 aliphatic rings. The number of nitrogens with two attached hydrogens (primary N) is 1. The second-order valence-corrected chi connectivity index (χ2v) is 6.38. The predicted octanol–water partition coefficient (Wildman–Crippen LogP) is 0.682. The van der Waals surface area contributed by atoms with Crippen molar-refractivity contribution < 1.29 is 14.1 Å². The zero-order valence-corrected chi connectivity index (χ0v) is 13.0. The molecule has 0 radical (unpaired) electrons. The van der Waals surface area contributed by atoms with E-state index in [4.69, 9.17) is 10.5 Å². The van der Waals surface area contributed by atoms with Gasteiger partial charge in [-0.25, -0.2) is 4.98 Å². The van der Waals surface area contributed by atoms with Crippen LogP contribution in [-0.2, 0) is 15.9 Å². The molecule has 21 heavy (non-hydrogen) atoms. The van der Waals surface area contributed by atoms with Crippen molar-refractivity contribution in [3.8, 4) is 0 Å². The minimum absolute atomic E-state index is 0.101. The molecular formula is C13H20N4O3S. The van der Waals surface area contributed by atoms with Gasteiger partial charge in [0.15, 0.2) is 0 Å². The van der Waals surface area contributed by atoms with Crippen LogP contribution in [0.2, 0.25) is 0 Å². The molecule has 1 aromatic heterocycles. The van der Waals surface area contributed by atoms with Crippen LogP contribution in [0, 0.1) is 0 Å². The van der Waals surface area contributed by atoms with E-state index in [-0.39, 0.29) is 16.6 Å². The summed E-state index contributed by atoms with van der Waals surface area (Å²) in [6.45, 7) is 0. The topological polar surface area (TPSA) is 113 Å². The van der Waals surface area contributed by atoms with E-state index in [0.717, 1.165) is 25.7 Å². The number of amides is 1. The van der Waals surface area contributed by atoms with Crippen molar-refractivity contribution in [2.24, 2.45) is 5.73 Å². The Labute approximate surface area is 126 Å². The molecule has 0 bridgehead atoms. The van der Waals surface area contributed by atoms with Crippen LogP contribution in [0.25, 0.3) is 0 Å². The molecule has 1 amide bonds. The number of anilines is 1. The molecule has 3 N–H and O–H groups in total. The Morgan fingerprint density at radius 3 is 2.67 bits per heavy atom. The first-order chi connectivity index (χ1) is 10.0. The monoisotopic (exact) mass is 312 g/mol. The van der Waals surface area contributed by atoms with Gasteiger partial charge in [0, 0.05) is 24.3 Å². The normalized spacial score (nSPS) is 23.6. The van der Waals surface area contributed by atoms with Gasteiger partial charge in [-0.2, -0.15) is 4.98 Å². The fourth-order valence-electron chi connectivity index (χ4n) is 2.45. The Morgan fingerprint density at radius 1 is 1.48 bits per heavy atom. The fraction of sp³-hybridized carbons (Fsp3) is 0.615. The lowest BCUT2D eigenvalue weighted by atomic mass is 9.93. The lowest BCUT2D eigenvalue weighted by molar-refractivity contribution is 0.0681. The summed E-state index contributed by atoms with van der Waals surface area (Å²) in [6.07, 6.45) is 7.01. The molecule has 1 atom stereocenters. The van der Waals surface area contributed by atoms with Crippen molar-refractivity contribution in [2.75, 3.05) is 18.7 Å². The summed E-state index contributed by atoms with van der Waals surface area (Å²) in [5.41, 5.74) is 5.33. The standard InChI is InChI=1S/C13H20N4O3S/c1-20-9-5-3-8(4-6-9)16-13-15-7-10(11(14)18)12(17-13)21(2)19/h7-9H,3-6H2,1-2H3,(H2,14,18)(H,15,16,17)/t8-,9-,21?. The molecule has 0 saturated heterocycles. The Balaban J connectivity index is 2.07. The van der Waals surface area contributed by atoms with E-state index < -0.39 is 17.1 Å². The summed E-state index contributed by atoms with van der Waals surface area (Å²) < 4.78 is 17.0. The molecule has 1 aliphatic carbocycles. The average Bonchev–Trinajstić information content (AvgIpc) is 2.47. The molecular weight excluding hydrogens is 292 g/mol. The van der Waals surface area contributed by atoms with Gasteiger partial charge in [-0.15, -0.1) is 0 Å². The number of aromatic nitrogens is 2. The number of ether oxygens (including phenoxy) is 1. The van der Waals surface area contributed by atoms with E-state index in [0.29, 0.717) is 12.1 Å². The summed E-state index contributed by atoms with van der Waals surface area (Å²) in [4.78, 5) is 19.5. The van der Waals surface area contributed by atoms with Gasteiger partial charge in [0.05, 0.1) is 12.3 Å². The Hall–Kier alpha value is -1.38. The molecule has 1 unspecified atom stereocenters. The number of carbonyl (C=O) groups excluding carboxylic acids is 1. The van der Waals surface area contributed by atoms with Crippen molar-refractivity contribution in [2.45, 2.75) is 42.9 Å². The van der Waals surface area contributed by atoms with E-state index in [1.165, 1.54) is 12.5 Å². The molecule has 0 aliphatic heterocycles. The summed E-state index contributed by atoms with van der Waals surface area (Å²) in [6, 6.07) is 0.258. The second kappa shape index (κ2) is 7.06. The second-order valence-electron chi connectivity index (χ2n) is 5.08. The molecule has 0 aromatic carbocycles. The van der Waals surface area contributed by atoms with E-state index in [9.17, 15) is 9.35 Å². The van der Waals surface area contributed by atoms with Crippen molar-refractivity contribution in [1.82, 2.24) is 9.97 Å². The van der Waals surface area contributed by atoms with Crippen LogP contribution in [0.4, 0.5) is 5.95 Å². The van der Waals surface area contributed by atoms with Crippen LogP contribution in [0.15, 0.2) is 11.2 Å². The van der Waals surface area contributed by atoms with Crippen LogP contribution in [0.1, 0.15) is 36.0 Å². The Kier molecular flexibility index (Phi) is 5.38. The minimum atomic E-state index is -1.40. The number of hydrogen-bond donors (Lipinski definition) is 2. The smallest absolute Gasteiger partial charge is 0.262 e. The summed E-state index contributed by atoms with van der Waals surface area (Å²) in [7, 11) is 1.73. The highest BCUT2D eigenvalue weighted by molar-refractivity contribution is 7.90. The quantitative estimate of drug-likeness (QED) is 0.610.